The Hall–Kier alpha value is -0.610. The fourth-order valence-electron chi connectivity index (χ4n) is 2.31. The number of nitrogens with one attached hydrogen (secondary N) is 1. The van der Waals surface area contributed by atoms with Gasteiger partial charge in [0.2, 0.25) is 5.91 Å². The molecule has 0 aromatic heterocycles. The third-order valence-electron chi connectivity index (χ3n) is 3.58. The van der Waals surface area contributed by atoms with Gasteiger partial charge in [-0.25, -0.2) is 0 Å². The van der Waals surface area contributed by atoms with Crippen molar-refractivity contribution in [2.24, 2.45) is 17.1 Å². The minimum Gasteiger partial charge on any atom is -0.381 e. The van der Waals surface area contributed by atoms with Crippen molar-refractivity contribution in [3.8, 4) is 0 Å². The molecular formula is C13H26N2O2. The molecule has 0 aromatic carbocycles. The van der Waals surface area contributed by atoms with Crippen molar-refractivity contribution in [2.75, 3.05) is 19.8 Å². The van der Waals surface area contributed by atoms with Gasteiger partial charge in [-0.3, -0.25) is 4.79 Å². The minimum absolute atomic E-state index is 0.0557. The SMILES string of the molecule is CC(N)CC(=O)NCC(C)(C)C1CCOCC1. The van der Waals surface area contributed by atoms with Crippen LogP contribution in [0, 0.1) is 11.3 Å². The van der Waals surface area contributed by atoms with E-state index in [1.54, 1.807) is 0 Å². The molecule has 3 N–H and O–H groups in total. The highest BCUT2D eigenvalue weighted by Crippen LogP contribution is 2.33. The fourth-order valence-corrected chi connectivity index (χ4v) is 2.31. The maximum absolute atomic E-state index is 11.6. The number of amides is 1. The number of hydrogen-bond donors (Lipinski definition) is 2. The molecule has 17 heavy (non-hydrogen) atoms. The largest absolute Gasteiger partial charge is 0.381 e. The van der Waals surface area contributed by atoms with Crippen LogP contribution < -0.4 is 11.1 Å². The van der Waals surface area contributed by atoms with E-state index in [1.165, 1.54) is 0 Å². The van der Waals surface area contributed by atoms with Gasteiger partial charge in [0.15, 0.2) is 0 Å². The van der Waals surface area contributed by atoms with Gasteiger partial charge in [0.1, 0.15) is 0 Å². The van der Waals surface area contributed by atoms with E-state index in [4.69, 9.17) is 10.5 Å². The van der Waals surface area contributed by atoms with Gasteiger partial charge in [0, 0.05) is 32.2 Å². The number of rotatable bonds is 5. The predicted octanol–water partition coefficient (Wildman–Crippen LogP) is 1.29. The second kappa shape index (κ2) is 6.36. The Morgan fingerprint density at radius 3 is 2.59 bits per heavy atom. The molecule has 0 saturated carbocycles. The van der Waals surface area contributed by atoms with E-state index in [2.05, 4.69) is 19.2 Å². The zero-order valence-corrected chi connectivity index (χ0v) is 11.3. The van der Waals surface area contributed by atoms with Crippen molar-refractivity contribution in [1.29, 1.82) is 0 Å². The van der Waals surface area contributed by atoms with E-state index >= 15 is 0 Å². The van der Waals surface area contributed by atoms with Crippen molar-refractivity contribution in [2.45, 2.75) is 46.1 Å². The molecule has 4 nitrogen and oxygen atoms in total. The van der Waals surface area contributed by atoms with Crippen LogP contribution in [0.1, 0.15) is 40.0 Å². The van der Waals surface area contributed by atoms with Crippen LogP contribution in [0.15, 0.2) is 0 Å². The third-order valence-corrected chi connectivity index (χ3v) is 3.58. The number of carbonyl (C=O) groups is 1. The Morgan fingerprint density at radius 1 is 1.47 bits per heavy atom. The van der Waals surface area contributed by atoms with Crippen LogP contribution in [0.5, 0.6) is 0 Å². The van der Waals surface area contributed by atoms with Gasteiger partial charge in [-0.05, 0) is 31.1 Å². The van der Waals surface area contributed by atoms with Crippen LogP contribution in [-0.2, 0) is 9.53 Å². The zero-order valence-electron chi connectivity index (χ0n) is 11.3. The van der Waals surface area contributed by atoms with Gasteiger partial charge in [0.25, 0.3) is 0 Å². The van der Waals surface area contributed by atoms with Crippen molar-refractivity contribution in [3.63, 3.8) is 0 Å². The smallest absolute Gasteiger partial charge is 0.221 e. The molecule has 1 heterocycles. The van der Waals surface area contributed by atoms with E-state index in [9.17, 15) is 4.79 Å². The lowest BCUT2D eigenvalue weighted by molar-refractivity contribution is -0.122. The van der Waals surface area contributed by atoms with Crippen LogP contribution in [0.4, 0.5) is 0 Å². The number of hydrogen-bond acceptors (Lipinski definition) is 3. The molecule has 1 saturated heterocycles. The minimum atomic E-state index is -0.0683. The lowest BCUT2D eigenvalue weighted by Crippen LogP contribution is -2.41. The van der Waals surface area contributed by atoms with Crippen LogP contribution in [0.2, 0.25) is 0 Å². The Bertz CT molecular complexity index is 246. The third kappa shape index (κ3) is 5.04. The molecule has 1 aliphatic rings. The van der Waals surface area contributed by atoms with Crippen molar-refractivity contribution < 1.29 is 9.53 Å². The van der Waals surface area contributed by atoms with Gasteiger partial charge >= 0.3 is 0 Å². The first-order valence-electron chi connectivity index (χ1n) is 6.52. The molecular weight excluding hydrogens is 216 g/mol. The highest BCUT2D eigenvalue weighted by Gasteiger charge is 2.31. The quantitative estimate of drug-likeness (QED) is 0.763. The summed E-state index contributed by atoms with van der Waals surface area (Å²) in [4.78, 5) is 11.6. The number of nitrogens with two attached hydrogens (primary N) is 1. The molecule has 4 heteroatoms. The van der Waals surface area contributed by atoms with Crippen LogP contribution in [0.25, 0.3) is 0 Å². The summed E-state index contributed by atoms with van der Waals surface area (Å²) in [6, 6.07) is -0.0683. The van der Waals surface area contributed by atoms with E-state index in [0.717, 1.165) is 32.6 Å². The van der Waals surface area contributed by atoms with Gasteiger partial charge in [-0.2, -0.15) is 0 Å². The summed E-state index contributed by atoms with van der Waals surface area (Å²) in [5, 5.41) is 2.99. The molecule has 0 radical (unpaired) electrons. The summed E-state index contributed by atoms with van der Waals surface area (Å²) in [5.41, 5.74) is 5.73. The average Bonchev–Trinajstić information content (AvgIpc) is 2.27. The molecule has 0 aromatic rings. The highest BCUT2D eigenvalue weighted by molar-refractivity contribution is 5.76. The Kier molecular flexibility index (Phi) is 5.40. The first kappa shape index (κ1) is 14.5. The van der Waals surface area contributed by atoms with E-state index in [0.29, 0.717) is 12.3 Å². The van der Waals surface area contributed by atoms with Crippen LogP contribution >= 0.6 is 0 Å². The van der Waals surface area contributed by atoms with Gasteiger partial charge < -0.3 is 15.8 Å². The second-order valence-electron chi connectivity index (χ2n) is 5.83. The van der Waals surface area contributed by atoms with E-state index in [1.807, 2.05) is 6.92 Å². The summed E-state index contributed by atoms with van der Waals surface area (Å²) in [6.07, 6.45) is 2.59. The molecule has 0 aliphatic carbocycles. The topological polar surface area (TPSA) is 64.4 Å². The van der Waals surface area contributed by atoms with Crippen molar-refractivity contribution in [1.82, 2.24) is 5.32 Å². The second-order valence-corrected chi connectivity index (χ2v) is 5.83. The van der Waals surface area contributed by atoms with Crippen molar-refractivity contribution >= 4 is 5.91 Å². The molecule has 1 fully saturated rings. The maximum atomic E-state index is 11.6. The Morgan fingerprint density at radius 2 is 2.06 bits per heavy atom. The number of carbonyl (C=O) groups excluding carboxylic acids is 1. The first-order valence-corrected chi connectivity index (χ1v) is 6.52. The van der Waals surface area contributed by atoms with Crippen LogP contribution in [-0.4, -0.2) is 31.7 Å². The standard InChI is InChI=1S/C13H26N2O2/c1-10(14)8-12(16)15-9-13(2,3)11-4-6-17-7-5-11/h10-11H,4-9,14H2,1-3H3,(H,15,16). The summed E-state index contributed by atoms with van der Waals surface area (Å²) < 4.78 is 5.37. The lowest BCUT2D eigenvalue weighted by atomic mass is 9.74. The summed E-state index contributed by atoms with van der Waals surface area (Å²) in [7, 11) is 0. The van der Waals surface area contributed by atoms with E-state index in [-0.39, 0.29) is 17.4 Å². The van der Waals surface area contributed by atoms with Crippen LogP contribution in [0.3, 0.4) is 0 Å². The number of ether oxygens (including phenoxy) is 1. The Labute approximate surface area is 104 Å². The normalized spacial score (nSPS) is 20.0. The lowest BCUT2D eigenvalue weighted by Gasteiger charge is -2.37. The molecule has 1 rings (SSSR count). The van der Waals surface area contributed by atoms with Gasteiger partial charge in [-0.15, -0.1) is 0 Å². The molecule has 1 amide bonds. The maximum Gasteiger partial charge on any atom is 0.221 e. The fraction of sp³-hybridized carbons (Fsp3) is 0.923. The summed E-state index contributed by atoms with van der Waals surface area (Å²) in [6.45, 7) is 8.71. The van der Waals surface area contributed by atoms with E-state index < -0.39 is 0 Å². The summed E-state index contributed by atoms with van der Waals surface area (Å²) >= 11 is 0. The molecule has 100 valence electrons. The van der Waals surface area contributed by atoms with Gasteiger partial charge in [-0.1, -0.05) is 13.8 Å². The molecule has 1 unspecified atom stereocenters. The molecule has 0 bridgehead atoms. The van der Waals surface area contributed by atoms with Gasteiger partial charge in [0.05, 0.1) is 0 Å². The first-order chi connectivity index (χ1) is 7.92. The monoisotopic (exact) mass is 242 g/mol. The predicted molar refractivity (Wildman–Crippen MR) is 68.6 cm³/mol. The molecule has 0 spiro atoms. The molecule has 1 atom stereocenters. The van der Waals surface area contributed by atoms with Crippen molar-refractivity contribution in [3.05, 3.63) is 0 Å². The Balaban J connectivity index is 2.35. The highest BCUT2D eigenvalue weighted by atomic mass is 16.5. The average molecular weight is 242 g/mol. The zero-order chi connectivity index (χ0) is 12.9. The summed E-state index contributed by atoms with van der Waals surface area (Å²) in [5.74, 6) is 0.687. The molecule has 1 aliphatic heterocycles.